The molecule has 0 aromatic heterocycles. The second-order valence-corrected chi connectivity index (χ2v) is 3.17. The molecule has 3 nitrogen and oxygen atoms in total. The van der Waals surface area contributed by atoms with Crippen LogP contribution in [-0.2, 0) is 4.79 Å². The number of benzene rings is 1. The summed E-state index contributed by atoms with van der Waals surface area (Å²) < 4.78 is 41.9. The summed E-state index contributed by atoms with van der Waals surface area (Å²) in [5.41, 5.74) is -0.458. The summed E-state index contributed by atoms with van der Waals surface area (Å²) in [4.78, 5) is 10.9. The Labute approximate surface area is 132 Å². The molecule has 1 aliphatic rings. The minimum atomic E-state index is -5.03. The fourth-order valence-electron chi connectivity index (χ4n) is 1.29. The van der Waals surface area contributed by atoms with E-state index in [9.17, 15) is 17.7 Å². The Balaban J connectivity index is 0.00000128. The van der Waals surface area contributed by atoms with Crippen LogP contribution in [-0.4, -0.2) is 19.5 Å². The number of anilines is 1. The number of nitrogens with one attached hydrogen (secondary N) is 1. The van der Waals surface area contributed by atoms with Gasteiger partial charge >= 0.3 is 58.4 Å². The van der Waals surface area contributed by atoms with E-state index in [-0.39, 0.29) is 75.3 Å². The molecule has 0 aliphatic carbocycles. The molecule has 0 saturated carbocycles. The molecule has 0 saturated heterocycles. The molecule has 1 heterocycles. The quantitative estimate of drug-likeness (QED) is 0.594. The second kappa shape index (κ2) is 5.09. The zero-order chi connectivity index (χ0) is 11.1. The molecule has 1 aliphatic heterocycles. The molecule has 0 bridgehead atoms. The first-order valence-corrected chi connectivity index (χ1v) is 4.23. The van der Waals surface area contributed by atoms with Gasteiger partial charge in [-0.3, -0.25) is 4.79 Å². The van der Waals surface area contributed by atoms with Gasteiger partial charge in [0.25, 0.3) is 5.91 Å². The van der Waals surface area contributed by atoms with Crippen molar-refractivity contribution in [3.8, 4) is 5.75 Å². The number of fused-ring (bicyclic) bond motifs is 1. The fraction of sp³-hybridized carbons (Fsp3) is 0.125. The van der Waals surface area contributed by atoms with E-state index in [1.165, 1.54) is 6.07 Å². The summed E-state index contributed by atoms with van der Waals surface area (Å²) in [6.45, 7) is -5.28. The Morgan fingerprint density at radius 3 is 2.62 bits per heavy atom. The fourth-order valence-corrected chi connectivity index (χ4v) is 1.29. The summed E-state index contributed by atoms with van der Waals surface area (Å²) in [7, 11) is 0. The molecule has 1 amide bonds. The van der Waals surface area contributed by atoms with Gasteiger partial charge in [-0.15, -0.1) is 5.46 Å². The molecular weight excluding hydrogens is 249 g/mol. The molecule has 1 N–H and O–H groups in total. The molecule has 0 unspecified atom stereocenters. The van der Waals surface area contributed by atoms with Gasteiger partial charge in [0.1, 0.15) is 5.75 Å². The molecule has 8 heteroatoms. The Morgan fingerprint density at radius 1 is 1.31 bits per heavy atom. The molecule has 1 aromatic rings. The van der Waals surface area contributed by atoms with E-state index < -0.39 is 12.4 Å². The number of halogens is 3. The van der Waals surface area contributed by atoms with Crippen molar-refractivity contribution in [1.29, 1.82) is 0 Å². The Kier molecular flexibility index (Phi) is 4.47. The predicted octanol–water partition coefficient (Wildman–Crippen LogP) is -1.92. The van der Waals surface area contributed by atoms with Crippen molar-refractivity contribution in [3.05, 3.63) is 18.2 Å². The molecule has 0 atom stereocenters. The average Bonchev–Trinajstić information content (AvgIpc) is 2.15. The number of ether oxygens (including phenoxy) is 1. The summed E-state index contributed by atoms with van der Waals surface area (Å²) in [5, 5.41) is 2.41. The van der Waals surface area contributed by atoms with Crippen molar-refractivity contribution >= 4 is 24.0 Å². The summed E-state index contributed by atoms with van der Waals surface area (Å²) in [5.74, 6) is -0.306. The van der Waals surface area contributed by atoms with E-state index in [0.717, 1.165) is 12.1 Å². The molecule has 2 rings (SSSR count). The molecule has 1 aromatic carbocycles. The number of hydrogen-bond acceptors (Lipinski definition) is 2. The van der Waals surface area contributed by atoms with Gasteiger partial charge in [0.2, 0.25) is 0 Å². The van der Waals surface area contributed by atoms with Crippen molar-refractivity contribution in [2.45, 2.75) is 0 Å². The molecular formula is C8H6BF3KNO2. The number of amides is 1. The van der Waals surface area contributed by atoms with Crippen molar-refractivity contribution in [2.75, 3.05) is 11.9 Å². The Hall–Kier alpha value is -0.0187. The van der Waals surface area contributed by atoms with E-state index in [4.69, 9.17) is 4.74 Å². The standard InChI is InChI=1S/C8H6BF3NO2.K/c10-9(11,12)5-1-2-6-7(3-5)15-4-8(14)13-6;/h1-3H,4H2,(H,13,14);/q-1;+1. The molecule has 0 radical (unpaired) electrons. The van der Waals surface area contributed by atoms with Crippen molar-refractivity contribution in [2.24, 2.45) is 0 Å². The topological polar surface area (TPSA) is 38.3 Å². The minimum absolute atomic E-state index is 0. The van der Waals surface area contributed by atoms with Gasteiger partial charge in [0.05, 0.1) is 5.69 Å². The van der Waals surface area contributed by atoms with Crippen molar-refractivity contribution in [1.82, 2.24) is 0 Å². The van der Waals surface area contributed by atoms with Crippen LogP contribution in [0.25, 0.3) is 0 Å². The van der Waals surface area contributed by atoms with Gasteiger partial charge in [0.15, 0.2) is 6.61 Å². The van der Waals surface area contributed by atoms with Gasteiger partial charge in [-0.2, -0.15) is 0 Å². The van der Waals surface area contributed by atoms with E-state index in [1.54, 1.807) is 0 Å². The average molecular weight is 255 g/mol. The van der Waals surface area contributed by atoms with Gasteiger partial charge < -0.3 is 23.0 Å². The summed E-state index contributed by atoms with van der Waals surface area (Å²) >= 11 is 0. The number of rotatable bonds is 1. The van der Waals surface area contributed by atoms with E-state index in [2.05, 4.69) is 5.32 Å². The van der Waals surface area contributed by atoms with Gasteiger partial charge in [0, 0.05) is 0 Å². The number of carbonyl (C=O) groups excluding carboxylic acids is 1. The Bertz CT molecular complexity index is 424. The summed E-state index contributed by atoms with van der Waals surface area (Å²) in [6.07, 6.45) is 0. The smallest absolute Gasteiger partial charge is 0.482 e. The third kappa shape index (κ3) is 3.01. The zero-order valence-electron chi connectivity index (χ0n) is 8.47. The first-order chi connectivity index (χ1) is 6.97. The minimum Gasteiger partial charge on any atom is -0.482 e. The molecule has 16 heavy (non-hydrogen) atoms. The largest absolute Gasteiger partial charge is 1.00 e. The van der Waals surface area contributed by atoms with Gasteiger partial charge in [-0.1, -0.05) is 6.07 Å². The van der Waals surface area contributed by atoms with Crippen LogP contribution >= 0.6 is 0 Å². The number of carbonyl (C=O) groups is 1. The molecule has 0 spiro atoms. The summed E-state index contributed by atoms with van der Waals surface area (Å²) in [6, 6.07) is 3.01. The van der Waals surface area contributed by atoms with Crippen LogP contribution in [0.2, 0.25) is 0 Å². The van der Waals surface area contributed by atoms with Crippen molar-refractivity contribution < 1.29 is 73.9 Å². The van der Waals surface area contributed by atoms with Crippen LogP contribution in [0.3, 0.4) is 0 Å². The van der Waals surface area contributed by atoms with Crippen LogP contribution in [0.15, 0.2) is 18.2 Å². The third-order valence-corrected chi connectivity index (χ3v) is 2.02. The van der Waals surface area contributed by atoms with Crippen LogP contribution in [0.1, 0.15) is 0 Å². The van der Waals surface area contributed by atoms with Gasteiger partial charge in [-0.05, 0) is 12.1 Å². The normalized spacial score (nSPS) is 14.3. The van der Waals surface area contributed by atoms with E-state index in [1.807, 2.05) is 0 Å². The maximum absolute atomic E-state index is 12.4. The third-order valence-electron chi connectivity index (χ3n) is 2.02. The predicted molar refractivity (Wildman–Crippen MR) is 49.3 cm³/mol. The van der Waals surface area contributed by atoms with E-state index in [0.29, 0.717) is 0 Å². The first kappa shape index (κ1) is 14.0. The monoisotopic (exact) mass is 255 g/mol. The van der Waals surface area contributed by atoms with Crippen LogP contribution in [0.4, 0.5) is 18.6 Å². The van der Waals surface area contributed by atoms with E-state index >= 15 is 0 Å². The Morgan fingerprint density at radius 2 is 2.00 bits per heavy atom. The van der Waals surface area contributed by atoms with Crippen LogP contribution < -0.4 is 66.9 Å². The zero-order valence-corrected chi connectivity index (χ0v) is 11.6. The van der Waals surface area contributed by atoms with Crippen LogP contribution in [0, 0.1) is 0 Å². The maximum atomic E-state index is 12.4. The van der Waals surface area contributed by atoms with Crippen molar-refractivity contribution in [3.63, 3.8) is 0 Å². The van der Waals surface area contributed by atoms with Crippen LogP contribution in [0.5, 0.6) is 5.75 Å². The number of hydrogen-bond donors (Lipinski definition) is 1. The van der Waals surface area contributed by atoms with Gasteiger partial charge in [-0.25, -0.2) is 0 Å². The first-order valence-electron chi connectivity index (χ1n) is 4.23. The molecule has 80 valence electrons. The second-order valence-electron chi connectivity index (χ2n) is 3.17. The molecule has 0 fully saturated rings. The maximum Gasteiger partial charge on any atom is 1.00 e. The SMILES string of the molecule is O=C1COc2cc([B-](F)(F)F)ccc2N1.[K+].